The van der Waals surface area contributed by atoms with E-state index in [0.717, 1.165) is 28.7 Å². The fourth-order valence-electron chi connectivity index (χ4n) is 4.37. The summed E-state index contributed by atoms with van der Waals surface area (Å²) in [6.07, 6.45) is 1.90. The topological polar surface area (TPSA) is 147 Å². The third-order valence-electron chi connectivity index (χ3n) is 6.42. The zero-order valence-corrected chi connectivity index (χ0v) is 22.7. The zero-order valence-electron chi connectivity index (χ0n) is 22.7. The Hall–Kier alpha value is -4.35. The number of unbranched alkanes of at least 4 members (excludes halogenated alkanes) is 1. The molecule has 3 rings (SSSR count). The lowest BCUT2D eigenvalue weighted by Crippen LogP contribution is -2.52. The SMILES string of the molecule is CCCCC(=O)N(Cc1ccc(-c2ccccc2-c2nn[nH]n2)cc1)[C@H](C(=O)N(C)CCO[N+](=O)[O-])C(C)C. The van der Waals surface area contributed by atoms with Crippen LogP contribution < -0.4 is 0 Å². The molecule has 1 atom stereocenters. The van der Waals surface area contributed by atoms with E-state index in [1.54, 1.807) is 11.9 Å². The van der Waals surface area contributed by atoms with Crippen molar-refractivity contribution in [2.24, 2.45) is 5.92 Å². The van der Waals surface area contributed by atoms with Crippen LogP contribution in [0.15, 0.2) is 48.5 Å². The van der Waals surface area contributed by atoms with Crippen LogP contribution in [0.25, 0.3) is 22.5 Å². The van der Waals surface area contributed by atoms with E-state index in [-0.39, 0.29) is 37.4 Å². The monoisotopic (exact) mass is 537 g/mol. The van der Waals surface area contributed by atoms with Gasteiger partial charge in [-0.25, -0.2) is 0 Å². The molecule has 12 nitrogen and oxygen atoms in total. The third kappa shape index (κ3) is 7.82. The number of tetrazole rings is 1. The molecule has 0 fully saturated rings. The molecule has 39 heavy (non-hydrogen) atoms. The van der Waals surface area contributed by atoms with Crippen molar-refractivity contribution in [1.29, 1.82) is 0 Å². The second kappa shape index (κ2) is 14.0. The van der Waals surface area contributed by atoms with Gasteiger partial charge in [0.05, 0.1) is 0 Å². The standard InChI is InChI=1S/C27H35N7O5/c1-5-6-11-24(35)33(25(19(2)3)27(36)32(4)16-17-39-34(37)38)18-20-12-14-21(15-13-20)22-9-7-8-10-23(22)26-28-30-31-29-26/h7-10,12-15,19,25H,5-6,11,16-18H2,1-4H3,(H,28,29,30,31)/t25-/m0/s1. The number of rotatable bonds is 14. The van der Waals surface area contributed by atoms with Gasteiger partial charge in [0, 0.05) is 32.1 Å². The number of hydrogen-bond acceptors (Lipinski definition) is 8. The second-order valence-electron chi connectivity index (χ2n) is 9.61. The molecule has 0 spiro atoms. The Bertz CT molecular complexity index is 1230. The Morgan fingerprint density at radius 3 is 2.38 bits per heavy atom. The van der Waals surface area contributed by atoms with Crippen molar-refractivity contribution in [3.8, 4) is 22.5 Å². The van der Waals surface area contributed by atoms with Crippen molar-refractivity contribution < 1.29 is 19.5 Å². The summed E-state index contributed by atoms with van der Waals surface area (Å²) < 4.78 is 0. The summed E-state index contributed by atoms with van der Waals surface area (Å²) in [5, 5.41) is 24.0. The van der Waals surface area contributed by atoms with Crippen molar-refractivity contribution in [3.63, 3.8) is 0 Å². The molecule has 1 aromatic heterocycles. The maximum Gasteiger partial charge on any atom is 0.294 e. The van der Waals surface area contributed by atoms with Gasteiger partial charge in [0.25, 0.3) is 5.09 Å². The van der Waals surface area contributed by atoms with Gasteiger partial charge in [-0.05, 0) is 34.2 Å². The summed E-state index contributed by atoms with van der Waals surface area (Å²) in [7, 11) is 1.56. The predicted octanol–water partition coefficient (Wildman–Crippen LogP) is 3.74. The van der Waals surface area contributed by atoms with E-state index in [9.17, 15) is 19.7 Å². The highest BCUT2D eigenvalue weighted by Gasteiger charge is 2.34. The van der Waals surface area contributed by atoms with Crippen LogP contribution in [-0.4, -0.2) is 73.6 Å². The van der Waals surface area contributed by atoms with Crippen LogP contribution in [0.3, 0.4) is 0 Å². The van der Waals surface area contributed by atoms with Crippen LogP contribution in [0.1, 0.15) is 45.6 Å². The molecule has 12 heteroatoms. The number of hydrogen-bond donors (Lipinski definition) is 1. The van der Waals surface area contributed by atoms with Crippen LogP contribution >= 0.6 is 0 Å². The van der Waals surface area contributed by atoms with Crippen molar-refractivity contribution in [2.75, 3.05) is 20.2 Å². The Morgan fingerprint density at radius 2 is 1.79 bits per heavy atom. The third-order valence-corrected chi connectivity index (χ3v) is 6.42. The molecule has 2 aromatic carbocycles. The maximum atomic E-state index is 13.4. The lowest BCUT2D eigenvalue weighted by Gasteiger charge is -2.36. The van der Waals surface area contributed by atoms with E-state index < -0.39 is 11.1 Å². The second-order valence-corrected chi connectivity index (χ2v) is 9.61. The van der Waals surface area contributed by atoms with Crippen molar-refractivity contribution in [3.05, 3.63) is 64.2 Å². The number of nitrogens with one attached hydrogen (secondary N) is 1. The van der Waals surface area contributed by atoms with Crippen molar-refractivity contribution in [1.82, 2.24) is 30.4 Å². The Balaban J connectivity index is 1.85. The summed E-state index contributed by atoms with van der Waals surface area (Å²) in [5.41, 5.74) is 3.60. The molecule has 0 saturated carbocycles. The average molecular weight is 538 g/mol. The minimum atomic E-state index is -0.886. The summed E-state index contributed by atoms with van der Waals surface area (Å²) >= 11 is 0. The van der Waals surface area contributed by atoms with Crippen LogP contribution in [0.2, 0.25) is 0 Å². The number of benzene rings is 2. The molecule has 1 heterocycles. The highest BCUT2D eigenvalue weighted by Crippen LogP contribution is 2.30. The highest BCUT2D eigenvalue weighted by atomic mass is 16.9. The average Bonchev–Trinajstić information content (AvgIpc) is 3.46. The lowest BCUT2D eigenvalue weighted by atomic mass is 9.97. The number of amides is 2. The molecule has 2 amide bonds. The molecule has 0 aliphatic heterocycles. The number of H-pyrrole nitrogens is 1. The maximum absolute atomic E-state index is 13.4. The fourth-order valence-corrected chi connectivity index (χ4v) is 4.37. The number of aromatic amines is 1. The first-order valence-electron chi connectivity index (χ1n) is 13.0. The van der Waals surface area contributed by atoms with E-state index in [1.807, 2.05) is 69.3 Å². The fraction of sp³-hybridized carbons (Fsp3) is 0.444. The zero-order chi connectivity index (χ0) is 28.4. The summed E-state index contributed by atoms with van der Waals surface area (Å²) in [6.45, 7) is 5.84. The van der Waals surface area contributed by atoms with Gasteiger partial charge in [0.2, 0.25) is 17.6 Å². The Labute approximate surface area is 227 Å². The minimum absolute atomic E-state index is 0.0362. The molecule has 3 aromatic rings. The Morgan fingerprint density at radius 1 is 1.10 bits per heavy atom. The molecule has 208 valence electrons. The van der Waals surface area contributed by atoms with Crippen LogP contribution in [0, 0.1) is 16.0 Å². The minimum Gasteiger partial charge on any atom is -0.342 e. The van der Waals surface area contributed by atoms with Crippen LogP contribution in [0.4, 0.5) is 0 Å². The van der Waals surface area contributed by atoms with Gasteiger partial charge in [0.1, 0.15) is 12.6 Å². The number of likely N-dealkylation sites (N-methyl/N-ethyl adjacent to an activating group) is 1. The molecule has 1 N–H and O–H groups in total. The highest BCUT2D eigenvalue weighted by molar-refractivity contribution is 5.88. The first kappa shape index (κ1) is 29.2. The van der Waals surface area contributed by atoms with Gasteiger partial charge in [-0.3, -0.25) is 9.59 Å². The number of aromatic nitrogens is 4. The molecule has 0 saturated heterocycles. The number of nitrogens with zero attached hydrogens (tertiary/aromatic N) is 6. The molecular formula is C27H35N7O5. The van der Waals surface area contributed by atoms with Gasteiger partial charge in [-0.1, -0.05) is 75.7 Å². The quantitative estimate of drug-likeness (QED) is 0.242. The predicted molar refractivity (Wildman–Crippen MR) is 144 cm³/mol. The van der Waals surface area contributed by atoms with E-state index >= 15 is 0 Å². The van der Waals surface area contributed by atoms with Crippen LogP contribution in [0.5, 0.6) is 0 Å². The number of carbonyl (C=O) groups excluding carboxylic acids is 2. The van der Waals surface area contributed by atoms with Gasteiger partial charge in [0.15, 0.2) is 0 Å². The van der Waals surface area contributed by atoms with Crippen molar-refractivity contribution in [2.45, 2.75) is 52.6 Å². The lowest BCUT2D eigenvalue weighted by molar-refractivity contribution is -0.757. The first-order chi connectivity index (χ1) is 18.7. The number of carbonyl (C=O) groups is 2. The largest absolute Gasteiger partial charge is 0.342 e. The molecule has 0 radical (unpaired) electrons. The molecule has 0 aliphatic carbocycles. The van der Waals surface area contributed by atoms with Gasteiger partial charge < -0.3 is 14.6 Å². The van der Waals surface area contributed by atoms with Crippen molar-refractivity contribution >= 4 is 11.8 Å². The van der Waals surface area contributed by atoms with Gasteiger partial charge in [-0.2, -0.15) is 5.21 Å². The molecular weight excluding hydrogens is 502 g/mol. The molecule has 0 bridgehead atoms. The summed E-state index contributed by atoms with van der Waals surface area (Å²) in [5.74, 6) is -0.0747. The van der Waals surface area contributed by atoms with E-state index in [4.69, 9.17) is 0 Å². The van der Waals surface area contributed by atoms with Gasteiger partial charge in [-0.15, -0.1) is 20.3 Å². The van der Waals surface area contributed by atoms with E-state index in [0.29, 0.717) is 18.7 Å². The van der Waals surface area contributed by atoms with E-state index in [1.165, 1.54) is 4.90 Å². The van der Waals surface area contributed by atoms with Gasteiger partial charge >= 0.3 is 0 Å². The van der Waals surface area contributed by atoms with E-state index in [2.05, 4.69) is 25.5 Å². The molecule has 0 unspecified atom stereocenters. The summed E-state index contributed by atoms with van der Waals surface area (Å²) in [6, 6.07) is 14.8. The Kier molecular flexibility index (Phi) is 10.5. The summed E-state index contributed by atoms with van der Waals surface area (Å²) in [4.78, 5) is 44.7. The first-order valence-corrected chi connectivity index (χ1v) is 13.0. The normalized spacial score (nSPS) is 11.7. The van der Waals surface area contributed by atoms with Crippen LogP contribution in [-0.2, 0) is 21.0 Å². The smallest absolute Gasteiger partial charge is 0.294 e. The molecule has 0 aliphatic rings.